The summed E-state index contributed by atoms with van der Waals surface area (Å²) in [6.07, 6.45) is 1.87. The van der Waals surface area contributed by atoms with Gasteiger partial charge < -0.3 is 4.90 Å². The summed E-state index contributed by atoms with van der Waals surface area (Å²) >= 11 is 1.68. The standard InChI is InChI=1S/C14H19N3OS/c1-9(16-10(2)14(18)17(3)4)11-7-13-12(15-8-11)5-6-19-13/h5-10,16H,1-4H3. The first-order chi connectivity index (χ1) is 8.99. The van der Waals surface area contributed by atoms with Crippen LogP contribution >= 0.6 is 11.3 Å². The molecule has 2 heterocycles. The van der Waals surface area contributed by atoms with Crippen LogP contribution in [-0.4, -0.2) is 35.9 Å². The number of rotatable bonds is 4. The van der Waals surface area contributed by atoms with Gasteiger partial charge in [0.15, 0.2) is 0 Å². The molecule has 1 N–H and O–H groups in total. The number of carbonyl (C=O) groups is 1. The molecule has 2 rings (SSSR count). The Labute approximate surface area is 117 Å². The summed E-state index contributed by atoms with van der Waals surface area (Å²) < 4.78 is 1.18. The molecule has 0 aliphatic carbocycles. The Morgan fingerprint density at radius 2 is 2.16 bits per heavy atom. The van der Waals surface area contributed by atoms with Crippen molar-refractivity contribution in [3.63, 3.8) is 0 Å². The van der Waals surface area contributed by atoms with Gasteiger partial charge in [0, 0.05) is 26.3 Å². The molecule has 0 saturated carbocycles. The molecule has 102 valence electrons. The van der Waals surface area contributed by atoms with Crippen LogP contribution in [-0.2, 0) is 4.79 Å². The van der Waals surface area contributed by atoms with Gasteiger partial charge >= 0.3 is 0 Å². The van der Waals surface area contributed by atoms with E-state index in [2.05, 4.69) is 23.3 Å². The Morgan fingerprint density at radius 3 is 2.84 bits per heavy atom. The van der Waals surface area contributed by atoms with Gasteiger partial charge in [0.25, 0.3) is 0 Å². The molecule has 0 spiro atoms. The van der Waals surface area contributed by atoms with Gasteiger partial charge in [0.05, 0.1) is 16.3 Å². The molecule has 0 aliphatic heterocycles. The summed E-state index contributed by atoms with van der Waals surface area (Å²) in [6, 6.07) is 4.04. The maximum absolute atomic E-state index is 11.8. The third kappa shape index (κ3) is 3.11. The second-order valence-electron chi connectivity index (χ2n) is 4.92. The lowest BCUT2D eigenvalue weighted by Crippen LogP contribution is -2.42. The fourth-order valence-electron chi connectivity index (χ4n) is 2.03. The van der Waals surface area contributed by atoms with Gasteiger partial charge in [-0.05, 0) is 36.9 Å². The monoisotopic (exact) mass is 277 g/mol. The van der Waals surface area contributed by atoms with Crippen molar-refractivity contribution in [1.29, 1.82) is 0 Å². The zero-order valence-corrected chi connectivity index (χ0v) is 12.5. The molecule has 1 amide bonds. The minimum atomic E-state index is -0.205. The molecule has 5 heteroatoms. The summed E-state index contributed by atoms with van der Waals surface area (Å²) in [6.45, 7) is 3.94. The quantitative estimate of drug-likeness (QED) is 0.933. The second-order valence-corrected chi connectivity index (χ2v) is 5.86. The molecule has 0 fully saturated rings. The van der Waals surface area contributed by atoms with E-state index >= 15 is 0 Å². The number of thiophene rings is 1. The number of nitrogens with one attached hydrogen (secondary N) is 1. The van der Waals surface area contributed by atoms with E-state index in [1.54, 1.807) is 30.3 Å². The van der Waals surface area contributed by atoms with Crippen molar-refractivity contribution in [3.8, 4) is 0 Å². The number of carbonyl (C=O) groups excluding carboxylic acids is 1. The lowest BCUT2D eigenvalue weighted by atomic mass is 10.1. The van der Waals surface area contributed by atoms with Crippen molar-refractivity contribution >= 4 is 27.5 Å². The zero-order valence-electron chi connectivity index (χ0n) is 11.7. The molecule has 4 nitrogen and oxygen atoms in total. The number of fused-ring (bicyclic) bond motifs is 1. The Balaban J connectivity index is 2.10. The molecule has 0 radical (unpaired) electrons. The van der Waals surface area contributed by atoms with Crippen molar-refractivity contribution in [2.24, 2.45) is 0 Å². The molecule has 2 unspecified atom stereocenters. The molecule has 0 aliphatic rings. The number of amides is 1. The smallest absolute Gasteiger partial charge is 0.238 e. The minimum Gasteiger partial charge on any atom is -0.347 e. The molecule has 2 aromatic rings. The lowest BCUT2D eigenvalue weighted by molar-refractivity contribution is -0.130. The van der Waals surface area contributed by atoms with Crippen LogP contribution in [0.1, 0.15) is 25.5 Å². The number of hydrogen-bond donors (Lipinski definition) is 1. The molecule has 0 saturated heterocycles. The second kappa shape index (κ2) is 5.67. The highest BCUT2D eigenvalue weighted by atomic mass is 32.1. The summed E-state index contributed by atoms with van der Waals surface area (Å²) in [5.41, 5.74) is 2.13. The fourth-order valence-corrected chi connectivity index (χ4v) is 2.82. The highest BCUT2D eigenvalue weighted by molar-refractivity contribution is 7.17. The van der Waals surface area contributed by atoms with Crippen LogP contribution in [0, 0.1) is 0 Å². The Morgan fingerprint density at radius 1 is 1.42 bits per heavy atom. The first-order valence-corrected chi connectivity index (χ1v) is 7.17. The van der Waals surface area contributed by atoms with Crippen LogP contribution in [0.3, 0.4) is 0 Å². The number of nitrogens with zero attached hydrogens (tertiary/aromatic N) is 2. The van der Waals surface area contributed by atoms with E-state index in [0.717, 1.165) is 11.1 Å². The van der Waals surface area contributed by atoms with E-state index in [1.165, 1.54) is 4.70 Å². The van der Waals surface area contributed by atoms with E-state index < -0.39 is 0 Å². The van der Waals surface area contributed by atoms with Gasteiger partial charge in [-0.25, -0.2) is 0 Å². The van der Waals surface area contributed by atoms with Crippen molar-refractivity contribution in [1.82, 2.24) is 15.2 Å². The predicted molar refractivity (Wildman–Crippen MR) is 79.3 cm³/mol. The number of likely N-dealkylation sites (N-methyl/N-ethyl adjacent to an activating group) is 1. The summed E-state index contributed by atoms with van der Waals surface area (Å²) in [4.78, 5) is 17.9. The summed E-state index contributed by atoms with van der Waals surface area (Å²) in [5, 5.41) is 5.35. The van der Waals surface area contributed by atoms with E-state index in [4.69, 9.17) is 0 Å². The average Bonchev–Trinajstić information content (AvgIpc) is 2.84. The third-order valence-electron chi connectivity index (χ3n) is 3.14. The average molecular weight is 277 g/mol. The number of aromatic nitrogens is 1. The molecule has 2 atom stereocenters. The maximum Gasteiger partial charge on any atom is 0.238 e. The van der Waals surface area contributed by atoms with Gasteiger partial charge in [0.1, 0.15) is 0 Å². The Kier molecular flexibility index (Phi) is 4.17. The number of pyridine rings is 1. The maximum atomic E-state index is 11.8. The normalized spacial score (nSPS) is 14.3. The van der Waals surface area contributed by atoms with E-state index in [-0.39, 0.29) is 18.0 Å². The zero-order chi connectivity index (χ0) is 14.0. The van der Waals surface area contributed by atoms with Crippen LogP contribution in [0.2, 0.25) is 0 Å². The van der Waals surface area contributed by atoms with Crippen molar-refractivity contribution in [2.45, 2.75) is 25.9 Å². The molecule has 0 aromatic carbocycles. The van der Waals surface area contributed by atoms with Crippen molar-refractivity contribution in [3.05, 3.63) is 29.3 Å². The highest BCUT2D eigenvalue weighted by Crippen LogP contribution is 2.22. The van der Waals surface area contributed by atoms with Gasteiger partial charge in [-0.1, -0.05) is 0 Å². The first-order valence-electron chi connectivity index (χ1n) is 6.29. The molecule has 2 aromatic heterocycles. The predicted octanol–water partition coefficient (Wildman–Crippen LogP) is 2.42. The topological polar surface area (TPSA) is 45.2 Å². The van der Waals surface area contributed by atoms with Gasteiger partial charge in [-0.15, -0.1) is 11.3 Å². The van der Waals surface area contributed by atoms with E-state index in [9.17, 15) is 4.79 Å². The highest BCUT2D eigenvalue weighted by Gasteiger charge is 2.18. The van der Waals surface area contributed by atoms with Gasteiger partial charge in [-0.3, -0.25) is 15.1 Å². The van der Waals surface area contributed by atoms with Crippen LogP contribution < -0.4 is 5.32 Å². The summed E-state index contributed by atoms with van der Waals surface area (Å²) in [5.74, 6) is 0.0806. The van der Waals surface area contributed by atoms with E-state index in [0.29, 0.717) is 0 Å². The molecule has 19 heavy (non-hydrogen) atoms. The fraction of sp³-hybridized carbons (Fsp3) is 0.429. The van der Waals surface area contributed by atoms with Crippen LogP contribution in [0.5, 0.6) is 0 Å². The van der Waals surface area contributed by atoms with Gasteiger partial charge in [0.2, 0.25) is 5.91 Å². The third-order valence-corrected chi connectivity index (χ3v) is 3.99. The Bertz CT molecular complexity index is 579. The first kappa shape index (κ1) is 14.0. The van der Waals surface area contributed by atoms with Crippen LogP contribution in [0.4, 0.5) is 0 Å². The van der Waals surface area contributed by atoms with Crippen molar-refractivity contribution in [2.75, 3.05) is 14.1 Å². The summed E-state index contributed by atoms with van der Waals surface area (Å²) in [7, 11) is 3.54. The minimum absolute atomic E-state index is 0.0806. The van der Waals surface area contributed by atoms with E-state index in [1.807, 2.05) is 24.6 Å². The largest absolute Gasteiger partial charge is 0.347 e. The number of hydrogen-bond acceptors (Lipinski definition) is 4. The van der Waals surface area contributed by atoms with Crippen molar-refractivity contribution < 1.29 is 4.79 Å². The Hall–Kier alpha value is -1.46. The van der Waals surface area contributed by atoms with Crippen LogP contribution in [0.15, 0.2) is 23.7 Å². The molecular weight excluding hydrogens is 258 g/mol. The molecule has 0 bridgehead atoms. The molecular formula is C14H19N3OS. The van der Waals surface area contributed by atoms with Crippen LogP contribution in [0.25, 0.3) is 10.2 Å². The lowest BCUT2D eigenvalue weighted by Gasteiger charge is -2.22. The van der Waals surface area contributed by atoms with Gasteiger partial charge in [-0.2, -0.15) is 0 Å². The SMILES string of the molecule is CC(NC(C)c1cnc2ccsc2c1)C(=O)N(C)C.